The van der Waals surface area contributed by atoms with Crippen LogP contribution in [0, 0.1) is 11.2 Å². The summed E-state index contributed by atoms with van der Waals surface area (Å²) in [4.78, 5) is 0. The van der Waals surface area contributed by atoms with E-state index in [4.69, 9.17) is 11.6 Å². The van der Waals surface area contributed by atoms with Crippen LogP contribution in [0.5, 0.6) is 0 Å². The highest BCUT2D eigenvalue weighted by molar-refractivity contribution is 6.30. The van der Waals surface area contributed by atoms with Crippen molar-refractivity contribution in [1.82, 2.24) is 5.32 Å². The normalized spacial score (nSPS) is 12.8. The number of nitrogens with one attached hydrogen (secondary N) is 1. The van der Waals surface area contributed by atoms with Gasteiger partial charge in [-0.1, -0.05) is 44.5 Å². The van der Waals surface area contributed by atoms with E-state index in [-0.39, 0.29) is 21.8 Å². The van der Waals surface area contributed by atoms with Crippen molar-refractivity contribution in [1.29, 1.82) is 0 Å². The molecule has 1 aromatic rings. The molecule has 18 heavy (non-hydrogen) atoms. The van der Waals surface area contributed by atoms with Gasteiger partial charge >= 0.3 is 0 Å². The van der Waals surface area contributed by atoms with Gasteiger partial charge in [0.1, 0.15) is 5.82 Å². The van der Waals surface area contributed by atoms with Gasteiger partial charge in [0.25, 0.3) is 0 Å². The monoisotopic (exact) mass is 271 g/mol. The molecular formula is C15H23ClFN. The summed E-state index contributed by atoms with van der Waals surface area (Å²) in [5.41, 5.74) is 0.820. The number of halogens is 2. The van der Waals surface area contributed by atoms with Gasteiger partial charge in [-0.15, -0.1) is 0 Å². The first-order chi connectivity index (χ1) is 8.11. The van der Waals surface area contributed by atoms with Gasteiger partial charge < -0.3 is 5.32 Å². The van der Waals surface area contributed by atoms with E-state index in [2.05, 4.69) is 39.9 Å². The van der Waals surface area contributed by atoms with Crippen LogP contribution in [0.25, 0.3) is 0 Å². The summed E-state index contributed by atoms with van der Waals surface area (Å²) in [5.74, 6) is -0.321. The van der Waals surface area contributed by atoms with Crippen LogP contribution in [0.2, 0.25) is 5.02 Å². The van der Waals surface area contributed by atoms with Gasteiger partial charge in [-0.3, -0.25) is 0 Å². The zero-order valence-electron chi connectivity index (χ0n) is 11.9. The molecule has 0 radical (unpaired) electrons. The summed E-state index contributed by atoms with van der Waals surface area (Å²) in [5, 5.41) is 3.58. The van der Waals surface area contributed by atoms with Crippen LogP contribution in [0.3, 0.4) is 0 Å². The number of benzene rings is 1. The van der Waals surface area contributed by atoms with Crippen LogP contribution in [0.15, 0.2) is 18.2 Å². The highest BCUT2D eigenvalue weighted by atomic mass is 35.5. The predicted octanol–water partition coefficient (Wildman–Crippen LogP) is 4.78. The van der Waals surface area contributed by atoms with Gasteiger partial charge in [-0.05, 0) is 31.7 Å². The Morgan fingerprint density at radius 3 is 2.33 bits per heavy atom. The highest BCUT2D eigenvalue weighted by Crippen LogP contribution is 2.27. The van der Waals surface area contributed by atoms with E-state index in [9.17, 15) is 4.39 Å². The minimum atomic E-state index is -0.321. The van der Waals surface area contributed by atoms with E-state index >= 15 is 0 Å². The lowest BCUT2D eigenvalue weighted by Gasteiger charge is -2.33. The van der Waals surface area contributed by atoms with Crippen molar-refractivity contribution in [3.05, 3.63) is 34.6 Å². The molecule has 0 aromatic heterocycles. The zero-order valence-corrected chi connectivity index (χ0v) is 12.7. The van der Waals surface area contributed by atoms with E-state index in [0.29, 0.717) is 12.1 Å². The highest BCUT2D eigenvalue weighted by Gasteiger charge is 2.25. The molecule has 0 fully saturated rings. The molecule has 0 aliphatic carbocycles. The maximum atomic E-state index is 13.7. The maximum absolute atomic E-state index is 13.7. The summed E-state index contributed by atoms with van der Waals surface area (Å²) < 4.78 is 13.7. The Labute approximate surface area is 115 Å². The maximum Gasteiger partial charge on any atom is 0.146 e. The lowest BCUT2D eigenvalue weighted by atomic mass is 9.82. The average molecular weight is 272 g/mol. The molecule has 1 aromatic carbocycles. The molecule has 0 saturated heterocycles. The second-order valence-corrected chi connectivity index (χ2v) is 7.10. The molecule has 0 saturated carbocycles. The van der Waals surface area contributed by atoms with Crippen LogP contribution in [0.1, 0.15) is 46.6 Å². The number of rotatable bonds is 4. The third kappa shape index (κ3) is 4.95. The van der Waals surface area contributed by atoms with Crippen LogP contribution >= 0.6 is 11.6 Å². The molecule has 0 aliphatic rings. The first kappa shape index (κ1) is 15.5. The average Bonchev–Trinajstić information content (AvgIpc) is 2.17. The van der Waals surface area contributed by atoms with Crippen molar-refractivity contribution in [2.45, 2.75) is 53.1 Å². The van der Waals surface area contributed by atoms with Crippen LogP contribution in [0.4, 0.5) is 4.39 Å². The van der Waals surface area contributed by atoms with Crippen molar-refractivity contribution in [3.8, 4) is 0 Å². The lowest BCUT2D eigenvalue weighted by Crippen LogP contribution is -2.42. The van der Waals surface area contributed by atoms with Gasteiger partial charge in [0.2, 0.25) is 0 Å². The predicted molar refractivity (Wildman–Crippen MR) is 76.4 cm³/mol. The molecule has 0 atom stereocenters. The van der Waals surface area contributed by atoms with Gasteiger partial charge in [0, 0.05) is 17.6 Å². The molecule has 0 amide bonds. The molecule has 0 unspecified atom stereocenters. The molecule has 1 nitrogen and oxygen atoms in total. The summed E-state index contributed by atoms with van der Waals surface area (Å²) in [6.45, 7) is 11.4. The fraction of sp³-hybridized carbons (Fsp3) is 0.600. The smallest absolute Gasteiger partial charge is 0.146 e. The third-order valence-electron chi connectivity index (χ3n) is 2.76. The van der Waals surface area contributed by atoms with Crippen LogP contribution < -0.4 is 5.32 Å². The summed E-state index contributed by atoms with van der Waals surface area (Å²) in [6, 6.07) is 5.11. The largest absolute Gasteiger partial charge is 0.308 e. The van der Waals surface area contributed by atoms with Gasteiger partial charge in [-0.25, -0.2) is 4.39 Å². The third-order valence-corrected chi connectivity index (χ3v) is 3.05. The standard InChI is InChI=1S/C15H23ClFN/c1-14(2,3)10-15(4,5)18-9-11-7-6-8-12(16)13(11)17/h6-8,18H,9-10H2,1-5H3. The van der Waals surface area contributed by atoms with Gasteiger partial charge in [0.05, 0.1) is 5.02 Å². The molecule has 0 spiro atoms. The van der Waals surface area contributed by atoms with Crippen molar-refractivity contribution >= 4 is 11.6 Å². The molecule has 0 aliphatic heterocycles. The number of hydrogen-bond acceptors (Lipinski definition) is 1. The fourth-order valence-electron chi connectivity index (χ4n) is 2.41. The summed E-state index contributed by atoms with van der Waals surface area (Å²) in [6.07, 6.45) is 1.02. The van der Waals surface area contributed by atoms with E-state index < -0.39 is 0 Å². The molecule has 3 heteroatoms. The van der Waals surface area contributed by atoms with Crippen LogP contribution in [-0.2, 0) is 6.54 Å². The molecule has 102 valence electrons. The summed E-state index contributed by atoms with van der Waals surface area (Å²) >= 11 is 5.77. The first-order valence-corrected chi connectivity index (χ1v) is 6.66. The molecule has 0 bridgehead atoms. The molecule has 0 heterocycles. The van der Waals surface area contributed by atoms with Crippen LogP contribution in [-0.4, -0.2) is 5.54 Å². The Bertz CT molecular complexity index is 407. The Kier molecular flexibility index (Phi) is 4.79. The Balaban J connectivity index is 2.67. The molecule has 1 rings (SSSR count). The van der Waals surface area contributed by atoms with Crippen molar-refractivity contribution in [2.75, 3.05) is 0 Å². The van der Waals surface area contributed by atoms with Crippen molar-refractivity contribution in [2.24, 2.45) is 5.41 Å². The molecular weight excluding hydrogens is 249 g/mol. The SMILES string of the molecule is CC(C)(C)CC(C)(C)NCc1cccc(Cl)c1F. The fourth-order valence-corrected chi connectivity index (χ4v) is 2.60. The van der Waals surface area contributed by atoms with Gasteiger partial charge in [-0.2, -0.15) is 0 Å². The number of hydrogen-bond donors (Lipinski definition) is 1. The Morgan fingerprint density at radius 1 is 1.17 bits per heavy atom. The van der Waals surface area contributed by atoms with E-state index in [1.165, 1.54) is 0 Å². The zero-order chi connectivity index (χ0) is 14.0. The quantitative estimate of drug-likeness (QED) is 0.831. The topological polar surface area (TPSA) is 12.0 Å². The first-order valence-electron chi connectivity index (χ1n) is 6.29. The lowest BCUT2D eigenvalue weighted by molar-refractivity contribution is 0.240. The van der Waals surface area contributed by atoms with Gasteiger partial charge in [0.15, 0.2) is 0 Å². The Morgan fingerprint density at radius 2 is 1.78 bits per heavy atom. The second-order valence-electron chi connectivity index (χ2n) is 6.69. The van der Waals surface area contributed by atoms with E-state index in [1.54, 1.807) is 18.2 Å². The van der Waals surface area contributed by atoms with Crippen molar-refractivity contribution in [3.63, 3.8) is 0 Å². The van der Waals surface area contributed by atoms with E-state index in [1.807, 2.05) is 0 Å². The summed E-state index contributed by atoms with van der Waals surface area (Å²) in [7, 11) is 0. The minimum absolute atomic E-state index is 0.0347. The molecule has 1 N–H and O–H groups in total. The Hall–Kier alpha value is -0.600. The second kappa shape index (κ2) is 5.58. The minimum Gasteiger partial charge on any atom is -0.308 e. The van der Waals surface area contributed by atoms with E-state index in [0.717, 1.165) is 6.42 Å². The van der Waals surface area contributed by atoms with Crippen molar-refractivity contribution < 1.29 is 4.39 Å².